The quantitative estimate of drug-likeness (QED) is 0.620. The minimum atomic E-state index is -0.353. The summed E-state index contributed by atoms with van der Waals surface area (Å²) >= 11 is 0. The first-order valence-corrected chi connectivity index (χ1v) is 5.79. The fraction of sp³-hybridized carbons (Fsp3) is 0.214. The van der Waals surface area contributed by atoms with Crippen LogP contribution in [0.25, 0.3) is 0 Å². The van der Waals surface area contributed by atoms with Crippen LogP contribution in [0.5, 0.6) is 0 Å². The number of carbonyl (C=O) groups is 2. The number of aromatic nitrogens is 2. The zero-order chi connectivity index (χ0) is 13.8. The zero-order valence-electron chi connectivity index (χ0n) is 10.8. The van der Waals surface area contributed by atoms with E-state index in [2.05, 4.69) is 5.10 Å². The van der Waals surface area contributed by atoms with E-state index in [1.165, 1.54) is 13.3 Å². The van der Waals surface area contributed by atoms with Gasteiger partial charge >= 0.3 is 5.97 Å². The summed E-state index contributed by atoms with van der Waals surface area (Å²) in [7, 11) is 1.36. The molecule has 0 spiro atoms. The number of ether oxygens (including phenoxy) is 1. The van der Waals surface area contributed by atoms with Crippen molar-refractivity contribution in [3.8, 4) is 0 Å². The Bertz CT molecular complexity index is 617. The number of hydrogen-bond donors (Lipinski definition) is 0. The maximum Gasteiger partial charge on any atom is 0.338 e. The van der Waals surface area contributed by atoms with Crippen molar-refractivity contribution in [1.82, 2.24) is 9.78 Å². The topological polar surface area (TPSA) is 61.2 Å². The first kappa shape index (κ1) is 13.0. The number of rotatable bonds is 4. The number of benzene rings is 1. The Morgan fingerprint density at radius 3 is 2.89 bits per heavy atom. The van der Waals surface area contributed by atoms with Crippen LogP contribution in [-0.4, -0.2) is 29.1 Å². The molecule has 5 nitrogen and oxygen atoms in total. The molecule has 2 rings (SSSR count). The van der Waals surface area contributed by atoms with Crippen molar-refractivity contribution in [2.75, 3.05) is 7.11 Å². The predicted octanol–water partition coefficient (Wildman–Crippen LogP) is 1.84. The van der Waals surface area contributed by atoms with E-state index in [4.69, 9.17) is 4.74 Å². The summed E-state index contributed by atoms with van der Waals surface area (Å²) in [5.41, 5.74) is 2.86. The van der Waals surface area contributed by atoms with Crippen molar-refractivity contribution in [3.63, 3.8) is 0 Å². The number of aldehydes is 1. The van der Waals surface area contributed by atoms with Crippen LogP contribution in [-0.2, 0) is 11.3 Å². The Labute approximate surface area is 110 Å². The second-order valence-electron chi connectivity index (χ2n) is 4.23. The zero-order valence-corrected chi connectivity index (χ0v) is 10.8. The second kappa shape index (κ2) is 5.48. The van der Waals surface area contributed by atoms with Gasteiger partial charge in [0, 0.05) is 6.20 Å². The van der Waals surface area contributed by atoms with Crippen molar-refractivity contribution in [2.45, 2.75) is 13.5 Å². The summed E-state index contributed by atoms with van der Waals surface area (Å²) < 4.78 is 6.38. The first-order valence-electron chi connectivity index (χ1n) is 5.79. The third kappa shape index (κ3) is 2.88. The van der Waals surface area contributed by atoms with E-state index in [-0.39, 0.29) is 5.97 Å². The molecule has 2 aromatic rings. The highest BCUT2D eigenvalue weighted by Crippen LogP contribution is 2.13. The third-order valence-corrected chi connectivity index (χ3v) is 2.84. The molecule has 1 heterocycles. The average molecular weight is 258 g/mol. The number of aryl methyl sites for hydroxylation is 1. The monoisotopic (exact) mass is 258 g/mol. The summed E-state index contributed by atoms with van der Waals surface area (Å²) in [6, 6.07) is 5.57. The van der Waals surface area contributed by atoms with Crippen molar-refractivity contribution in [3.05, 3.63) is 52.8 Å². The molecule has 0 saturated heterocycles. The van der Waals surface area contributed by atoms with Crippen molar-refractivity contribution in [1.29, 1.82) is 0 Å². The van der Waals surface area contributed by atoms with Crippen LogP contribution in [0, 0.1) is 6.92 Å². The minimum absolute atomic E-state index is 0.353. The summed E-state index contributed by atoms with van der Waals surface area (Å²) in [4.78, 5) is 22.2. The minimum Gasteiger partial charge on any atom is -0.465 e. The molecule has 0 radical (unpaired) electrons. The van der Waals surface area contributed by atoms with Crippen LogP contribution in [0.1, 0.15) is 31.8 Å². The summed E-state index contributed by atoms with van der Waals surface area (Å²) in [6.07, 6.45) is 3.91. The van der Waals surface area contributed by atoms with Crippen molar-refractivity contribution >= 4 is 12.3 Å². The van der Waals surface area contributed by atoms with E-state index >= 15 is 0 Å². The van der Waals surface area contributed by atoms with Crippen LogP contribution in [0.4, 0.5) is 0 Å². The van der Waals surface area contributed by atoms with Crippen LogP contribution in [0.2, 0.25) is 0 Å². The highest BCUT2D eigenvalue weighted by atomic mass is 16.5. The molecule has 0 unspecified atom stereocenters. The normalized spacial score (nSPS) is 10.2. The van der Waals surface area contributed by atoms with Gasteiger partial charge in [0.15, 0.2) is 6.29 Å². The maximum absolute atomic E-state index is 11.6. The Kier molecular flexibility index (Phi) is 3.75. The molecule has 0 aliphatic carbocycles. The van der Waals surface area contributed by atoms with Gasteiger partial charge < -0.3 is 4.74 Å². The third-order valence-electron chi connectivity index (χ3n) is 2.84. The van der Waals surface area contributed by atoms with Crippen molar-refractivity contribution in [2.24, 2.45) is 0 Å². The molecule has 0 aliphatic heterocycles. The molecule has 0 bridgehead atoms. The van der Waals surface area contributed by atoms with E-state index in [9.17, 15) is 9.59 Å². The fourth-order valence-electron chi connectivity index (χ4n) is 1.81. The average Bonchev–Trinajstić information content (AvgIpc) is 2.87. The predicted molar refractivity (Wildman–Crippen MR) is 69.2 cm³/mol. The molecule has 0 amide bonds. The molecule has 5 heteroatoms. The van der Waals surface area contributed by atoms with Gasteiger partial charge in [-0.1, -0.05) is 12.1 Å². The summed E-state index contributed by atoms with van der Waals surface area (Å²) in [5.74, 6) is -0.353. The molecule has 0 saturated carbocycles. The van der Waals surface area contributed by atoms with Gasteiger partial charge in [-0.25, -0.2) is 4.79 Å². The second-order valence-corrected chi connectivity index (χ2v) is 4.23. The van der Waals surface area contributed by atoms with Crippen LogP contribution in [0.3, 0.4) is 0 Å². The van der Waals surface area contributed by atoms with Gasteiger partial charge in [0.05, 0.1) is 31.0 Å². The number of carbonyl (C=O) groups excluding carboxylic acids is 2. The Morgan fingerprint density at radius 1 is 1.47 bits per heavy atom. The molecule has 19 heavy (non-hydrogen) atoms. The standard InChI is InChI=1S/C14H14N2O3/c1-10-3-4-11(5-13(10)14(18)19-2)7-16-8-12(9-17)6-15-16/h3-6,8-9H,7H2,1-2H3. The van der Waals surface area contributed by atoms with E-state index in [0.717, 1.165) is 17.4 Å². The molecule has 1 aromatic heterocycles. The maximum atomic E-state index is 11.6. The Morgan fingerprint density at radius 2 is 2.26 bits per heavy atom. The van der Waals surface area contributed by atoms with Crippen LogP contribution < -0.4 is 0 Å². The molecule has 1 aromatic carbocycles. The molecule has 98 valence electrons. The molecule has 0 N–H and O–H groups in total. The fourth-order valence-corrected chi connectivity index (χ4v) is 1.81. The molecular formula is C14H14N2O3. The van der Waals surface area contributed by atoms with Gasteiger partial charge in [-0.05, 0) is 24.1 Å². The molecule has 0 aliphatic rings. The molecule has 0 atom stereocenters. The number of hydrogen-bond acceptors (Lipinski definition) is 4. The number of esters is 1. The lowest BCUT2D eigenvalue weighted by molar-refractivity contribution is 0.0599. The van der Waals surface area contributed by atoms with Gasteiger partial charge in [0.2, 0.25) is 0 Å². The van der Waals surface area contributed by atoms with Crippen LogP contribution in [0.15, 0.2) is 30.6 Å². The van der Waals surface area contributed by atoms with E-state index < -0.39 is 0 Å². The lowest BCUT2D eigenvalue weighted by atomic mass is 10.1. The van der Waals surface area contributed by atoms with Gasteiger partial charge in [-0.3, -0.25) is 9.48 Å². The Hall–Kier alpha value is -2.43. The first-order chi connectivity index (χ1) is 9.13. The van der Waals surface area contributed by atoms with E-state index in [1.54, 1.807) is 16.9 Å². The van der Waals surface area contributed by atoms with E-state index in [1.807, 2.05) is 19.1 Å². The highest BCUT2D eigenvalue weighted by Gasteiger charge is 2.10. The van der Waals surface area contributed by atoms with Gasteiger partial charge in [0.25, 0.3) is 0 Å². The van der Waals surface area contributed by atoms with Crippen LogP contribution >= 0.6 is 0 Å². The number of methoxy groups -OCH3 is 1. The van der Waals surface area contributed by atoms with E-state index in [0.29, 0.717) is 17.7 Å². The largest absolute Gasteiger partial charge is 0.465 e. The van der Waals surface area contributed by atoms with Crippen molar-refractivity contribution < 1.29 is 14.3 Å². The highest BCUT2D eigenvalue weighted by molar-refractivity contribution is 5.91. The Balaban J connectivity index is 2.25. The molecular weight excluding hydrogens is 244 g/mol. The SMILES string of the molecule is COC(=O)c1cc(Cn2cc(C=O)cn2)ccc1C. The van der Waals surface area contributed by atoms with Gasteiger partial charge in [0.1, 0.15) is 0 Å². The smallest absolute Gasteiger partial charge is 0.338 e. The number of nitrogens with zero attached hydrogens (tertiary/aromatic N) is 2. The van der Waals surface area contributed by atoms with Gasteiger partial charge in [-0.2, -0.15) is 5.10 Å². The van der Waals surface area contributed by atoms with Gasteiger partial charge in [-0.15, -0.1) is 0 Å². The lowest BCUT2D eigenvalue weighted by Gasteiger charge is -2.07. The summed E-state index contributed by atoms with van der Waals surface area (Å²) in [6.45, 7) is 2.35. The lowest BCUT2D eigenvalue weighted by Crippen LogP contribution is -2.06. The summed E-state index contributed by atoms with van der Waals surface area (Å²) in [5, 5.41) is 4.07. The molecule has 0 fully saturated rings.